The van der Waals surface area contributed by atoms with Crippen LogP contribution in [0.4, 0.5) is 0 Å². The summed E-state index contributed by atoms with van der Waals surface area (Å²) in [6.45, 7) is 1.05. The minimum absolute atomic E-state index is 0.0591. The van der Waals surface area contributed by atoms with Gasteiger partial charge in [-0.25, -0.2) is 9.97 Å². The number of amides is 1. The lowest BCUT2D eigenvalue weighted by molar-refractivity contribution is 0.0771. The molecule has 0 atom stereocenters. The Labute approximate surface area is 169 Å². The number of nitrogens with zero attached hydrogens (tertiary/aromatic N) is 5. The quantitative estimate of drug-likeness (QED) is 0.561. The van der Waals surface area contributed by atoms with Gasteiger partial charge in [0.25, 0.3) is 5.91 Å². The number of pyridine rings is 1. The molecular weight excluding hydrogens is 388 g/mol. The van der Waals surface area contributed by atoms with Crippen molar-refractivity contribution in [3.8, 4) is 17.1 Å². The highest BCUT2D eigenvalue weighted by atomic mass is 32.2. The van der Waals surface area contributed by atoms with Gasteiger partial charge in [0.1, 0.15) is 12.0 Å². The minimum Gasteiger partial charge on any atom is -0.337 e. The van der Waals surface area contributed by atoms with E-state index in [1.54, 1.807) is 11.1 Å². The number of hydrogen-bond donors (Lipinski definition) is 1. The van der Waals surface area contributed by atoms with Crippen molar-refractivity contribution in [1.29, 1.82) is 0 Å². The maximum absolute atomic E-state index is 12.8. The predicted molar refractivity (Wildman–Crippen MR) is 110 cm³/mol. The van der Waals surface area contributed by atoms with Crippen LogP contribution in [0.2, 0.25) is 0 Å². The lowest BCUT2D eigenvalue weighted by atomic mass is 10.2. The van der Waals surface area contributed by atoms with Crippen molar-refractivity contribution in [3.63, 3.8) is 0 Å². The number of fused-ring (bicyclic) bond motifs is 1. The van der Waals surface area contributed by atoms with Gasteiger partial charge in [-0.05, 0) is 24.3 Å². The molecule has 1 saturated heterocycles. The zero-order chi connectivity index (χ0) is 19.8. The van der Waals surface area contributed by atoms with Gasteiger partial charge in [-0.3, -0.25) is 14.1 Å². The van der Waals surface area contributed by atoms with E-state index in [2.05, 4.69) is 20.2 Å². The van der Waals surface area contributed by atoms with Gasteiger partial charge in [0.15, 0.2) is 5.82 Å². The number of hydrogen-bond acceptors (Lipinski definition) is 5. The van der Waals surface area contributed by atoms with Crippen LogP contribution in [0.15, 0.2) is 55.1 Å². The number of aromatic amines is 1. The molecule has 0 saturated carbocycles. The molecule has 1 fully saturated rings. The summed E-state index contributed by atoms with van der Waals surface area (Å²) >= 11 is 0. The highest BCUT2D eigenvalue weighted by Gasteiger charge is 2.22. The van der Waals surface area contributed by atoms with Crippen LogP contribution >= 0.6 is 0 Å². The zero-order valence-corrected chi connectivity index (χ0v) is 16.3. The fourth-order valence-electron chi connectivity index (χ4n) is 3.52. The molecule has 29 heavy (non-hydrogen) atoms. The molecule has 1 aromatic carbocycles. The molecule has 8 nitrogen and oxygen atoms in total. The highest BCUT2D eigenvalue weighted by Crippen LogP contribution is 2.23. The van der Waals surface area contributed by atoms with E-state index in [-0.39, 0.29) is 5.91 Å². The summed E-state index contributed by atoms with van der Waals surface area (Å²) < 4.78 is 13.5. The summed E-state index contributed by atoms with van der Waals surface area (Å²) in [7, 11) is -0.811. The van der Waals surface area contributed by atoms with Crippen LogP contribution in [0.3, 0.4) is 0 Å². The van der Waals surface area contributed by atoms with Gasteiger partial charge in [-0.1, -0.05) is 12.1 Å². The second-order valence-corrected chi connectivity index (χ2v) is 8.54. The molecule has 0 bridgehead atoms. The first-order valence-corrected chi connectivity index (χ1v) is 10.8. The van der Waals surface area contributed by atoms with E-state index in [0.717, 1.165) is 22.3 Å². The first-order valence-electron chi connectivity index (χ1n) is 9.26. The molecule has 0 spiro atoms. The number of H-pyrrole nitrogens is 1. The molecule has 1 aliphatic heterocycles. The van der Waals surface area contributed by atoms with Gasteiger partial charge in [0.2, 0.25) is 0 Å². The van der Waals surface area contributed by atoms with Crippen molar-refractivity contribution < 1.29 is 9.00 Å². The smallest absolute Gasteiger partial charge is 0.255 e. The van der Waals surface area contributed by atoms with E-state index in [1.807, 2.05) is 47.2 Å². The highest BCUT2D eigenvalue weighted by molar-refractivity contribution is 7.85. The third kappa shape index (κ3) is 3.33. The molecule has 1 aliphatic rings. The van der Waals surface area contributed by atoms with Gasteiger partial charge in [-0.15, -0.1) is 0 Å². The van der Waals surface area contributed by atoms with Gasteiger partial charge in [0.05, 0.1) is 5.56 Å². The molecule has 4 heterocycles. The number of aromatic nitrogens is 5. The summed E-state index contributed by atoms with van der Waals surface area (Å²) in [5.74, 6) is 1.72. The normalized spacial score (nSPS) is 15.1. The summed E-state index contributed by atoms with van der Waals surface area (Å²) in [6.07, 6.45) is 5.04. The maximum Gasteiger partial charge on any atom is 0.255 e. The third-order valence-electron chi connectivity index (χ3n) is 5.05. The molecule has 9 heteroatoms. The second-order valence-electron chi connectivity index (χ2n) is 6.85. The Hall–Kier alpha value is -3.33. The summed E-state index contributed by atoms with van der Waals surface area (Å²) in [6, 6.07) is 11.7. The number of benzene rings is 1. The van der Waals surface area contributed by atoms with Gasteiger partial charge in [-0.2, -0.15) is 5.10 Å². The number of carbonyl (C=O) groups excluding carboxylic acids is 1. The molecule has 0 unspecified atom stereocenters. The SMILES string of the molecule is O=C(c1cnc2c(ccn2-c2cccc(-c3ncn[nH]3)c2)c1)N1CCS(=O)CC1. The molecule has 3 aromatic heterocycles. The molecule has 146 valence electrons. The Bertz CT molecular complexity index is 1210. The van der Waals surface area contributed by atoms with Crippen molar-refractivity contribution in [2.24, 2.45) is 0 Å². The van der Waals surface area contributed by atoms with Crippen molar-refractivity contribution >= 4 is 27.7 Å². The largest absolute Gasteiger partial charge is 0.337 e. The van der Waals surface area contributed by atoms with Gasteiger partial charge in [0, 0.05) is 64.4 Å². The van der Waals surface area contributed by atoms with Gasteiger partial charge >= 0.3 is 0 Å². The van der Waals surface area contributed by atoms with Crippen LogP contribution < -0.4 is 0 Å². The first-order chi connectivity index (χ1) is 14.2. The molecular formula is C20H18N6O2S. The van der Waals surface area contributed by atoms with Crippen LogP contribution in [-0.2, 0) is 10.8 Å². The van der Waals surface area contributed by atoms with Crippen molar-refractivity contribution in [2.45, 2.75) is 0 Å². The van der Waals surface area contributed by atoms with Crippen LogP contribution in [0.25, 0.3) is 28.1 Å². The van der Waals surface area contributed by atoms with Crippen molar-refractivity contribution in [1.82, 2.24) is 29.6 Å². The van der Waals surface area contributed by atoms with E-state index in [4.69, 9.17) is 0 Å². The standard InChI is InChI=1S/C20H18N6O2S/c27-20(25-6-8-29(28)9-7-25)16-10-15-4-5-26(19(15)21-12-16)17-3-1-2-14(11-17)18-22-13-23-24-18/h1-5,10-13H,6-9H2,(H,22,23,24). The Balaban J connectivity index is 1.46. The Morgan fingerprint density at radius 2 is 1.97 bits per heavy atom. The molecule has 4 aromatic rings. The predicted octanol–water partition coefficient (Wildman–Crippen LogP) is 2.02. The average molecular weight is 406 g/mol. The molecule has 1 N–H and O–H groups in total. The summed E-state index contributed by atoms with van der Waals surface area (Å²) in [4.78, 5) is 23.3. The average Bonchev–Trinajstić information content (AvgIpc) is 3.43. The fourth-order valence-corrected chi connectivity index (χ4v) is 4.57. The maximum atomic E-state index is 12.8. The number of nitrogens with one attached hydrogen (secondary N) is 1. The van der Waals surface area contributed by atoms with Crippen molar-refractivity contribution in [2.75, 3.05) is 24.6 Å². The van der Waals surface area contributed by atoms with E-state index < -0.39 is 10.8 Å². The molecule has 0 radical (unpaired) electrons. The monoisotopic (exact) mass is 406 g/mol. The molecule has 5 rings (SSSR count). The fraction of sp³-hybridized carbons (Fsp3) is 0.200. The first kappa shape index (κ1) is 17.7. The molecule has 1 amide bonds. The minimum atomic E-state index is -0.811. The van der Waals surface area contributed by atoms with Crippen LogP contribution in [0, 0.1) is 0 Å². The van der Waals surface area contributed by atoms with Gasteiger partial charge < -0.3 is 9.47 Å². The van der Waals surface area contributed by atoms with Crippen molar-refractivity contribution in [3.05, 3.63) is 60.7 Å². The van der Waals surface area contributed by atoms with Crippen LogP contribution in [-0.4, -0.2) is 64.3 Å². The third-order valence-corrected chi connectivity index (χ3v) is 6.33. The summed E-state index contributed by atoms with van der Waals surface area (Å²) in [5.41, 5.74) is 3.20. The van der Waals surface area contributed by atoms with Crippen LogP contribution in [0.5, 0.6) is 0 Å². The Kier molecular flexibility index (Phi) is 4.44. The van der Waals surface area contributed by atoms with E-state index in [1.165, 1.54) is 6.33 Å². The van der Waals surface area contributed by atoms with E-state index in [9.17, 15) is 9.00 Å². The van der Waals surface area contributed by atoms with E-state index >= 15 is 0 Å². The van der Waals surface area contributed by atoms with Crippen LogP contribution in [0.1, 0.15) is 10.4 Å². The Morgan fingerprint density at radius 1 is 1.10 bits per heavy atom. The number of rotatable bonds is 3. The van der Waals surface area contributed by atoms with E-state index in [0.29, 0.717) is 36.0 Å². The Morgan fingerprint density at radius 3 is 2.76 bits per heavy atom. The summed E-state index contributed by atoms with van der Waals surface area (Å²) in [5, 5.41) is 7.66. The number of carbonyl (C=O) groups is 1. The second kappa shape index (κ2) is 7.25. The lowest BCUT2D eigenvalue weighted by Gasteiger charge is -2.26. The molecule has 0 aliphatic carbocycles. The topological polar surface area (TPSA) is 96.8 Å². The lowest BCUT2D eigenvalue weighted by Crippen LogP contribution is -2.41. The zero-order valence-electron chi connectivity index (χ0n) is 15.5.